The van der Waals surface area contributed by atoms with Crippen LogP contribution in [0.1, 0.15) is 36.0 Å². The lowest BCUT2D eigenvalue weighted by atomic mass is 9.93. The number of nitrogens with zero attached hydrogens (tertiary/aromatic N) is 3. The van der Waals surface area contributed by atoms with Gasteiger partial charge in [-0.2, -0.15) is 0 Å². The largest absolute Gasteiger partial charge is 0.395 e. The third kappa shape index (κ3) is 5.94. The molecule has 2 aliphatic heterocycles. The molecule has 37 heavy (non-hydrogen) atoms. The van der Waals surface area contributed by atoms with E-state index in [9.17, 15) is 14.9 Å². The zero-order valence-corrected chi connectivity index (χ0v) is 21.6. The number of carbonyl (C=O) groups excluding carboxylic acids is 1. The van der Waals surface area contributed by atoms with Crippen LogP contribution in [0.5, 0.6) is 0 Å². The monoisotopic (exact) mass is 527 g/mol. The topological polar surface area (TPSA) is 120 Å². The molecule has 1 aliphatic carbocycles. The summed E-state index contributed by atoms with van der Waals surface area (Å²) in [4.78, 5) is 29.0. The van der Waals surface area contributed by atoms with E-state index >= 15 is 0 Å². The van der Waals surface area contributed by atoms with Gasteiger partial charge in [-0.05, 0) is 61.4 Å². The van der Waals surface area contributed by atoms with Gasteiger partial charge >= 0.3 is 0 Å². The first kappa shape index (κ1) is 25.6. The summed E-state index contributed by atoms with van der Waals surface area (Å²) in [5.74, 6) is 0.313. The molecule has 0 atom stereocenters. The molecule has 2 aromatic carbocycles. The third-order valence-electron chi connectivity index (χ3n) is 7.53. The molecule has 3 fully saturated rings. The molecule has 0 unspecified atom stereocenters. The summed E-state index contributed by atoms with van der Waals surface area (Å²) in [6.07, 6.45) is 4.88. The van der Waals surface area contributed by atoms with Crippen LogP contribution in [0.4, 0.5) is 28.4 Å². The molecule has 1 amide bonds. The van der Waals surface area contributed by atoms with E-state index in [1.807, 2.05) is 23.1 Å². The predicted molar refractivity (Wildman–Crippen MR) is 147 cm³/mol. The number of benzene rings is 2. The number of hydrogen-bond donors (Lipinski definition) is 3. The molecule has 2 aromatic rings. The quantitative estimate of drug-likeness (QED) is 0.191. The van der Waals surface area contributed by atoms with Crippen LogP contribution in [0, 0.1) is 15.5 Å². The molecule has 1 saturated carbocycles. The van der Waals surface area contributed by atoms with E-state index in [1.54, 1.807) is 12.1 Å². The van der Waals surface area contributed by atoms with Crippen molar-refractivity contribution in [1.29, 1.82) is 0 Å². The second-order valence-corrected chi connectivity index (χ2v) is 10.8. The number of anilines is 4. The van der Waals surface area contributed by atoms with Crippen LogP contribution in [0.15, 0.2) is 36.4 Å². The maximum Gasteiger partial charge on any atom is 0.292 e. The fraction of sp³-hybridized carbons (Fsp3) is 0.500. The molecular formula is C26H33N5O5S. The second kappa shape index (κ2) is 11.2. The minimum absolute atomic E-state index is 0.0127. The summed E-state index contributed by atoms with van der Waals surface area (Å²) in [5.41, 5.74) is 3.84. The number of aliphatic hydroxyl groups excluding tert-OH is 1. The lowest BCUT2D eigenvalue weighted by Gasteiger charge is -2.35. The average Bonchev–Trinajstić information content (AvgIpc) is 3.68. The Morgan fingerprint density at radius 1 is 1.00 bits per heavy atom. The van der Waals surface area contributed by atoms with Crippen molar-refractivity contribution in [2.45, 2.75) is 25.7 Å². The SMILES string of the molecule is O=C(Nc1ccc([N+](=O)[O-])c(N2CCOCC2)c1)c1ccc(NSCCO)cc1N1CCC2(CC1)CC2. The van der Waals surface area contributed by atoms with Gasteiger partial charge in [-0.3, -0.25) is 14.9 Å². The van der Waals surface area contributed by atoms with Crippen molar-refractivity contribution in [3.63, 3.8) is 0 Å². The van der Waals surface area contributed by atoms with Crippen LogP contribution in [0.25, 0.3) is 0 Å². The zero-order chi connectivity index (χ0) is 25.8. The van der Waals surface area contributed by atoms with Gasteiger partial charge in [0.05, 0.1) is 36.0 Å². The van der Waals surface area contributed by atoms with Gasteiger partial charge in [0.25, 0.3) is 11.6 Å². The third-order valence-corrected chi connectivity index (χ3v) is 8.30. The summed E-state index contributed by atoms with van der Waals surface area (Å²) in [6, 6.07) is 10.4. The molecule has 3 aliphatic rings. The minimum atomic E-state index is -0.391. The molecule has 0 radical (unpaired) electrons. The van der Waals surface area contributed by atoms with Gasteiger partial charge in [0.15, 0.2) is 0 Å². The fourth-order valence-corrected chi connectivity index (χ4v) is 5.63. The molecule has 198 valence electrons. The van der Waals surface area contributed by atoms with Crippen molar-refractivity contribution in [3.8, 4) is 0 Å². The lowest BCUT2D eigenvalue weighted by molar-refractivity contribution is -0.384. The summed E-state index contributed by atoms with van der Waals surface area (Å²) in [5, 5.41) is 23.7. The first-order valence-corrected chi connectivity index (χ1v) is 13.8. The number of carbonyl (C=O) groups is 1. The molecule has 0 aromatic heterocycles. The zero-order valence-electron chi connectivity index (χ0n) is 20.8. The van der Waals surface area contributed by atoms with Crippen molar-refractivity contribution in [3.05, 3.63) is 52.1 Å². The molecule has 3 N–H and O–H groups in total. The number of morpholine rings is 1. The molecular weight excluding hydrogens is 494 g/mol. The van der Waals surface area contributed by atoms with E-state index in [-0.39, 0.29) is 18.2 Å². The molecule has 1 spiro atoms. The van der Waals surface area contributed by atoms with Gasteiger partial charge in [0, 0.05) is 49.4 Å². The molecule has 10 nitrogen and oxygen atoms in total. The van der Waals surface area contributed by atoms with Gasteiger partial charge in [0.1, 0.15) is 5.69 Å². The number of aliphatic hydroxyl groups is 1. The van der Waals surface area contributed by atoms with Gasteiger partial charge in [-0.1, -0.05) is 11.9 Å². The van der Waals surface area contributed by atoms with Gasteiger partial charge in [-0.15, -0.1) is 0 Å². The Hall–Kier alpha value is -3.02. The number of piperidine rings is 1. The number of nitro benzene ring substituents is 1. The van der Waals surface area contributed by atoms with E-state index in [0.29, 0.717) is 54.4 Å². The Morgan fingerprint density at radius 2 is 1.68 bits per heavy atom. The van der Waals surface area contributed by atoms with Crippen molar-refractivity contribution < 1.29 is 19.6 Å². The van der Waals surface area contributed by atoms with Crippen molar-refractivity contribution >= 4 is 46.3 Å². The predicted octanol–water partition coefficient (Wildman–Crippen LogP) is 4.12. The first-order valence-electron chi connectivity index (χ1n) is 12.8. The summed E-state index contributed by atoms with van der Waals surface area (Å²) < 4.78 is 8.65. The van der Waals surface area contributed by atoms with Crippen LogP contribution in [-0.4, -0.2) is 67.7 Å². The van der Waals surface area contributed by atoms with E-state index < -0.39 is 4.92 Å². The Morgan fingerprint density at radius 3 is 2.35 bits per heavy atom. The highest BCUT2D eigenvalue weighted by molar-refractivity contribution is 8.00. The maximum atomic E-state index is 13.5. The first-order chi connectivity index (χ1) is 18.0. The number of amides is 1. The number of hydrogen-bond acceptors (Lipinski definition) is 9. The number of rotatable bonds is 9. The van der Waals surface area contributed by atoms with E-state index in [4.69, 9.17) is 9.84 Å². The summed E-state index contributed by atoms with van der Waals surface area (Å²) in [6.45, 7) is 4.03. The lowest BCUT2D eigenvalue weighted by Crippen LogP contribution is -2.36. The highest BCUT2D eigenvalue weighted by Gasteiger charge is 2.44. The van der Waals surface area contributed by atoms with Crippen LogP contribution in [-0.2, 0) is 4.74 Å². The van der Waals surface area contributed by atoms with Gasteiger partial charge in [0.2, 0.25) is 0 Å². The molecule has 2 heterocycles. The standard InChI is InChI=1S/C26H33N5O5S/c32-13-16-37-28-20-1-3-21(23(18-20)29-9-7-26(5-6-26)8-10-29)25(33)27-19-2-4-22(31(34)35)24(17-19)30-11-14-36-15-12-30/h1-4,17-18,28,32H,5-16H2,(H,27,33). The number of ether oxygens (including phenoxy) is 1. The van der Waals surface area contributed by atoms with Crippen molar-refractivity contribution in [2.75, 3.05) is 71.6 Å². The summed E-state index contributed by atoms with van der Waals surface area (Å²) in [7, 11) is 0. The number of nitrogens with one attached hydrogen (secondary N) is 2. The van der Waals surface area contributed by atoms with Crippen LogP contribution in [0.3, 0.4) is 0 Å². The van der Waals surface area contributed by atoms with E-state index in [2.05, 4.69) is 14.9 Å². The van der Waals surface area contributed by atoms with Crippen molar-refractivity contribution in [1.82, 2.24) is 0 Å². The number of nitro groups is 1. The van der Waals surface area contributed by atoms with E-state index in [1.165, 1.54) is 30.9 Å². The van der Waals surface area contributed by atoms with Crippen LogP contribution in [0.2, 0.25) is 0 Å². The minimum Gasteiger partial charge on any atom is -0.395 e. The molecule has 0 bridgehead atoms. The van der Waals surface area contributed by atoms with E-state index in [0.717, 1.165) is 37.3 Å². The smallest absolute Gasteiger partial charge is 0.292 e. The summed E-state index contributed by atoms with van der Waals surface area (Å²) >= 11 is 1.42. The van der Waals surface area contributed by atoms with Gasteiger partial charge in [-0.25, -0.2) is 0 Å². The molecule has 2 saturated heterocycles. The second-order valence-electron chi connectivity index (χ2n) is 9.91. The van der Waals surface area contributed by atoms with Crippen LogP contribution >= 0.6 is 11.9 Å². The molecule has 11 heteroatoms. The normalized spacial score (nSPS) is 18.5. The Balaban J connectivity index is 1.39. The highest BCUT2D eigenvalue weighted by atomic mass is 32.2. The van der Waals surface area contributed by atoms with Gasteiger partial charge < -0.3 is 29.7 Å². The fourth-order valence-electron chi connectivity index (χ4n) is 5.14. The highest BCUT2D eigenvalue weighted by Crippen LogP contribution is 2.54. The Bertz CT molecular complexity index is 1140. The van der Waals surface area contributed by atoms with Crippen molar-refractivity contribution in [2.24, 2.45) is 5.41 Å². The Labute approximate surface area is 220 Å². The Kier molecular flexibility index (Phi) is 7.73. The maximum absolute atomic E-state index is 13.5. The average molecular weight is 528 g/mol. The molecule has 5 rings (SSSR count). The van der Waals surface area contributed by atoms with Crippen LogP contribution < -0.4 is 19.8 Å².